The molecule has 0 aliphatic carbocycles. The summed E-state index contributed by atoms with van der Waals surface area (Å²) in [6, 6.07) is 3.86. The Labute approximate surface area is 115 Å². The topological polar surface area (TPSA) is 21.1 Å². The summed E-state index contributed by atoms with van der Waals surface area (Å²) in [5.41, 5.74) is 0.878. The van der Waals surface area contributed by atoms with Crippen LogP contribution in [-0.2, 0) is 13.2 Å². The second-order valence-electron chi connectivity index (χ2n) is 4.43. The van der Waals surface area contributed by atoms with E-state index < -0.39 is 11.6 Å². The van der Waals surface area contributed by atoms with Crippen molar-refractivity contribution < 1.29 is 8.78 Å². The van der Waals surface area contributed by atoms with Gasteiger partial charge in [0.2, 0.25) is 0 Å². The lowest BCUT2D eigenvalue weighted by molar-refractivity contribution is 0.237. The first kappa shape index (κ1) is 14.0. The summed E-state index contributed by atoms with van der Waals surface area (Å²) < 4.78 is 28.7. The molecular weight excluding hydrogens is 272 g/mol. The van der Waals surface area contributed by atoms with Gasteiger partial charge in [-0.05, 0) is 26.1 Å². The van der Waals surface area contributed by atoms with E-state index in [0.717, 1.165) is 5.69 Å². The Hall–Kier alpha value is -1.46. The highest BCUT2D eigenvalue weighted by Gasteiger charge is 2.12. The van der Waals surface area contributed by atoms with Gasteiger partial charge in [0.25, 0.3) is 0 Å². The quantitative estimate of drug-likeness (QED) is 0.860. The normalized spacial score (nSPS) is 11.3. The number of hydrogen-bond acceptors (Lipinski definition) is 2. The monoisotopic (exact) mass is 285 g/mol. The van der Waals surface area contributed by atoms with Crippen LogP contribution in [0.1, 0.15) is 11.3 Å². The molecular formula is C13H14ClF2N3. The molecule has 0 saturated carbocycles. The first-order chi connectivity index (χ1) is 8.99. The summed E-state index contributed by atoms with van der Waals surface area (Å²) in [6.45, 7) is 2.41. The van der Waals surface area contributed by atoms with E-state index in [2.05, 4.69) is 5.10 Å². The van der Waals surface area contributed by atoms with Crippen molar-refractivity contribution in [1.29, 1.82) is 0 Å². The third-order valence-electron chi connectivity index (χ3n) is 2.91. The van der Waals surface area contributed by atoms with Crippen LogP contribution in [0.15, 0.2) is 24.4 Å². The molecule has 0 spiro atoms. The van der Waals surface area contributed by atoms with Gasteiger partial charge >= 0.3 is 0 Å². The number of aromatic nitrogens is 2. The van der Waals surface area contributed by atoms with Crippen molar-refractivity contribution in [2.75, 3.05) is 7.05 Å². The second kappa shape index (κ2) is 5.67. The Kier molecular flexibility index (Phi) is 4.17. The van der Waals surface area contributed by atoms with Crippen LogP contribution in [0.5, 0.6) is 0 Å². The molecule has 2 aromatic rings. The van der Waals surface area contributed by atoms with Gasteiger partial charge in [0, 0.05) is 12.1 Å². The predicted octanol–water partition coefficient (Wildman–Crippen LogP) is 3.21. The highest BCUT2D eigenvalue weighted by Crippen LogP contribution is 2.16. The predicted molar refractivity (Wildman–Crippen MR) is 69.8 cm³/mol. The van der Waals surface area contributed by atoms with Gasteiger partial charge in [0.05, 0.1) is 23.6 Å². The number of nitrogens with zero attached hydrogens (tertiary/aromatic N) is 3. The number of halogens is 3. The van der Waals surface area contributed by atoms with Crippen LogP contribution in [0, 0.1) is 18.6 Å². The zero-order valence-corrected chi connectivity index (χ0v) is 11.5. The third kappa shape index (κ3) is 3.11. The molecule has 0 aliphatic rings. The molecule has 1 aromatic heterocycles. The van der Waals surface area contributed by atoms with Crippen molar-refractivity contribution in [3.8, 4) is 0 Å². The summed E-state index contributed by atoms with van der Waals surface area (Å²) in [4.78, 5) is 1.76. The number of hydrogen-bond donors (Lipinski definition) is 0. The maximum Gasteiger partial charge on any atom is 0.130 e. The first-order valence-electron chi connectivity index (χ1n) is 5.78. The lowest BCUT2D eigenvalue weighted by Crippen LogP contribution is -2.24. The Balaban J connectivity index is 2.09. The van der Waals surface area contributed by atoms with E-state index in [0.29, 0.717) is 11.7 Å². The molecule has 3 nitrogen and oxygen atoms in total. The van der Waals surface area contributed by atoms with E-state index in [1.54, 1.807) is 22.8 Å². The summed E-state index contributed by atoms with van der Waals surface area (Å²) in [5.74, 6) is -1.08. The summed E-state index contributed by atoms with van der Waals surface area (Å²) in [7, 11) is 1.76. The van der Waals surface area contributed by atoms with Crippen molar-refractivity contribution in [2.45, 2.75) is 20.1 Å². The van der Waals surface area contributed by atoms with Crippen LogP contribution >= 0.6 is 11.6 Å². The second-order valence-corrected chi connectivity index (χ2v) is 4.84. The molecule has 19 heavy (non-hydrogen) atoms. The molecule has 6 heteroatoms. The van der Waals surface area contributed by atoms with Gasteiger partial charge in [-0.25, -0.2) is 8.78 Å². The molecule has 0 bridgehead atoms. The lowest BCUT2D eigenvalue weighted by atomic mass is 10.2. The minimum absolute atomic E-state index is 0.0564. The summed E-state index contributed by atoms with van der Waals surface area (Å²) >= 11 is 5.90. The molecule has 1 aromatic carbocycles. The summed E-state index contributed by atoms with van der Waals surface area (Å²) in [5, 5.41) is 4.67. The molecule has 2 rings (SSSR count). The maximum absolute atomic E-state index is 13.5. The van der Waals surface area contributed by atoms with E-state index in [4.69, 9.17) is 11.6 Å². The Morgan fingerprint density at radius 3 is 2.47 bits per heavy atom. The molecule has 0 radical (unpaired) electrons. The van der Waals surface area contributed by atoms with E-state index in [-0.39, 0.29) is 12.1 Å². The smallest absolute Gasteiger partial charge is 0.130 e. The standard InChI is InChI=1S/C13H14ClF2N3/c1-9-11(14)6-17-19(9)8-18(2)7-10-12(15)4-3-5-13(10)16/h3-6H,7-8H2,1-2H3. The van der Waals surface area contributed by atoms with E-state index in [1.165, 1.54) is 18.2 Å². The minimum atomic E-state index is -0.540. The van der Waals surface area contributed by atoms with E-state index in [9.17, 15) is 8.78 Å². The number of benzene rings is 1. The molecule has 0 amide bonds. The molecule has 0 atom stereocenters. The average molecular weight is 286 g/mol. The van der Waals surface area contributed by atoms with Crippen molar-refractivity contribution in [1.82, 2.24) is 14.7 Å². The van der Waals surface area contributed by atoms with Crippen molar-refractivity contribution in [3.63, 3.8) is 0 Å². The maximum atomic E-state index is 13.5. The zero-order chi connectivity index (χ0) is 14.0. The SMILES string of the molecule is Cc1c(Cl)cnn1CN(C)Cc1c(F)cccc1F. The largest absolute Gasteiger partial charge is 0.283 e. The highest BCUT2D eigenvalue weighted by atomic mass is 35.5. The molecule has 0 aliphatic heterocycles. The van der Waals surface area contributed by atoms with Crippen LogP contribution in [0.3, 0.4) is 0 Å². The van der Waals surface area contributed by atoms with E-state index >= 15 is 0 Å². The van der Waals surface area contributed by atoms with Gasteiger partial charge in [-0.1, -0.05) is 17.7 Å². The molecule has 1 heterocycles. The fourth-order valence-corrected chi connectivity index (χ4v) is 1.94. The zero-order valence-electron chi connectivity index (χ0n) is 10.7. The first-order valence-corrected chi connectivity index (χ1v) is 6.16. The average Bonchev–Trinajstić information content (AvgIpc) is 2.66. The Morgan fingerprint density at radius 2 is 1.95 bits per heavy atom. The fraction of sp³-hybridized carbons (Fsp3) is 0.308. The Bertz CT molecular complexity index is 563. The van der Waals surface area contributed by atoms with Gasteiger partial charge in [-0.3, -0.25) is 9.58 Å². The van der Waals surface area contributed by atoms with Crippen LogP contribution in [-0.4, -0.2) is 21.7 Å². The molecule has 102 valence electrons. The van der Waals surface area contributed by atoms with Crippen LogP contribution in [0.4, 0.5) is 8.78 Å². The van der Waals surface area contributed by atoms with Crippen molar-refractivity contribution in [3.05, 3.63) is 52.3 Å². The van der Waals surface area contributed by atoms with Gasteiger partial charge in [0.15, 0.2) is 0 Å². The van der Waals surface area contributed by atoms with Crippen molar-refractivity contribution >= 4 is 11.6 Å². The lowest BCUT2D eigenvalue weighted by Gasteiger charge is -2.18. The minimum Gasteiger partial charge on any atom is -0.283 e. The Morgan fingerprint density at radius 1 is 1.32 bits per heavy atom. The van der Waals surface area contributed by atoms with Gasteiger partial charge in [-0.2, -0.15) is 5.10 Å². The fourth-order valence-electron chi connectivity index (χ4n) is 1.80. The van der Waals surface area contributed by atoms with E-state index in [1.807, 2.05) is 6.92 Å². The molecule has 0 saturated heterocycles. The third-order valence-corrected chi connectivity index (χ3v) is 3.28. The van der Waals surface area contributed by atoms with Gasteiger partial charge in [-0.15, -0.1) is 0 Å². The van der Waals surface area contributed by atoms with Gasteiger partial charge in [0.1, 0.15) is 11.6 Å². The molecule has 0 N–H and O–H groups in total. The molecule has 0 fully saturated rings. The highest BCUT2D eigenvalue weighted by molar-refractivity contribution is 6.31. The van der Waals surface area contributed by atoms with Gasteiger partial charge < -0.3 is 0 Å². The van der Waals surface area contributed by atoms with Crippen molar-refractivity contribution in [2.24, 2.45) is 0 Å². The summed E-state index contributed by atoms with van der Waals surface area (Å²) in [6.07, 6.45) is 1.55. The molecule has 0 unspecified atom stereocenters. The van der Waals surface area contributed by atoms with Crippen LogP contribution < -0.4 is 0 Å². The number of rotatable bonds is 4. The van der Waals surface area contributed by atoms with Crippen LogP contribution in [0.25, 0.3) is 0 Å². The van der Waals surface area contributed by atoms with Crippen LogP contribution in [0.2, 0.25) is 5.02 Å².